The van der Waals surface area contributed by atoms with E-state index in [0.717, 1.165) is 44.8 Å². The van der Waals surface area contributed by atoms with Crippen molar-refractivity contribution in [1.29, 1.82) is 0 Å². The Labute approximate surface area is 213 Å². The minimum absolute atomic E-state index is 0.321. The summed E-state index contributed by atoms with van der Waals surface area (Å²) in [7, 11) is 0. The molecule has 1 aromatic carbocycles. The molecule has 0 saturated carbocycles. The molecule has 2 aliphatic heterocycles. The van der Waals surface area contributed by atoms with Gasteiger partial charge in [-0.2, -0.15) is 0 Å². The van der Waals surface area contributed by atoms with Gasteiger partial charge >= 0.3 is 0 Å². The number of nitrogens with two attached hydrogens (primary N) is 2. The van der Waals surface area contributed by atoms with Crippen LogP contribution in [0.1, 0.15) is 53.9 Å². The number of carbonyl (C=O) groups is 1. The molecule has 0 atom stereocenters. The molecule has 7 N–H and O–H groups in total. The summed E-state index contributed by atoms with van der Waals surface area (Å²) in [6.07, 6.45) is 9.34. The van der Waals surface area contributed by atoms with E-state index in [4.69, 9.17) is 16.2 Å². The molecule has 9 heteroatoms. The Kier molecular flexibility index (Phi) is 9.40. The number of primary amides is 1. The predicted molar refractivity (Wildman–Crippen MR) is 144 cm³/mol. The Morgan fingerprint density at radius 2 is 1.86 bits per heavy atom. The van der Waals surface area contributed by atoms with Crippen LogP contribution in [0.3, 0.4) is 0 Å². The second-order valence-electron chi connectivity index (χ2n) is 9.54. The first-order valence-corrected chi connectivity index (χ1v) is 13.0. The van der Waals surface area contributed by atoms with Crippen molar-refractivity contribution in [3.63, 3.8) is 0 Å². The minimum Gasteiger partial charge on any atom is -0.399 e. The van der Waals surface area contributed by atoms with Crippen molar-refractivity contribution in [1.82, 2.24) is 15.2 Å². The van der Waals surface area contributed by atoms with Crippen LogP contribution in [0, 0.1) is 0 Å². The van der Waals surface area contributed by atoms with Crippen LogP contribution in [0.5, 0.6) is 0 Å². The maximum Gasteiger partial charge on any atom is 0.252 e. The molecule has 1 aromatic heterocycles. The highest BCUT2D eigenvalue weighted by Crippen LogP contribution is 2.28. The second-order valence-corrected chi connectivity index (χ2v) is 9.54. The Hall–Kier alpha value is -3.30. The summed E-state index contributed by atoms with van der Waals surface area (Å²) in [5.41, 5.74) is 15.5. The van der Waals surface area contributed by atoms with Gasteiger partial charge < -0.3 is 37.1 Å². The highest BCUT2D eigenvalue weighted by Gasteiger charge is 2.16. The van der Waals surface area contributed by atoms with Gasteiger partial charge in [-0.3, -0.25) is 4.79 Å². The number of nitrogens with one attached hydrogen (secondary N) is 3. The molecule has 0 aliphatic carbocycles. The molecule has 2 aliphatic rings. The molecule has 3 heterocycles. The smallest absolute Gasteiger partial charge is 0.252 e. The number of likely N-dealkylation sites (tertiary alicyclic amines) is 1. The highest BCUT2D eigenvalue weighted by atomic mass is 16.5. The lowest BCUT2D eigenvalue weighted by Gasteiger charge is -2.26. The van der Waals surface area contributed by atoms with Crippen molar-refractivity contribution in [2.75, 3.05) is 56.6 Å². The third-order valence-corrected chi connectivity index (χ3v) is 6.84. The van der Waals surface area contributed by atoms with Crippen LogP contribution in [-0.2, 0) is 4.74 Å². The van der Waals surface area contributed by atoms with E-state index in [9.17, 15) is 4.79 Å². The lowest BCUT2D eigenvalue weighted by molar-refractivity contribution is 0.0853. The number of pyridine rings is 1. The first kappa shape index (κ1) is 25.8. The van der Waals surface area contributed by atoms with E-state index < -0.39 is 5.91 Å². The van der Waals surface area contributed by atoms with E-state index in [1.165, 1.54) is 44.1 Å². The van der Waals surface area contributed by atoms with Gasteiger partial charge in [0.15, 0.2) is 0 Å². The fourth-order valence-corrected chi connectivity index (χ4v) is 4.74. The molecule has 194 valence electrons. The Morgan fingerprint density at radius 1 is 1.11 bits per heavy atom. The van der Waals surface area contributed by atoms with E-state index in [1.807, 2.05) is 6.20 Å². The molecule has 2 fully saturated rings. The number of carbonyl (C=O) groups excluding carboxylic acids is 1. The van der Waals surface area contributed by atoms with Gasteiger partial charge in [0.25, 0.3) is 5.91 Å². The lowest BCUT2D eigenvalue weighted by Crippen LogP contribution is -2.35. The van der Waals surface area contributed by atoms with Crippen LogP contribution in [0.15, 0.2) is 48.4 Å². The highest BCUT2D eigenvalue weighted by molar-refractivity contribution is 5.98. The van der Waals surface area contributed by atoms with Gasteiger partial charge in [-0.25, -0.2) is 4.98 Å². The number of nitrogens with zero attached hydrogens (tertiary/aromatic N) is 2. The summed E-state index contributed by atoms with van der Waals surface area (Å²) in [5.74, 6) is 0.623. The van der Waals surface area contributed by atoms with E-state index in [1.54, 1.807) is 6.07 Å². The molecule has 0 bridgehead atoms. The van der Waals surface area contributed by atoms with Crippen molar-refractivity contribution in [2.45, 2.75) is 38.0 Å². The Bertz CT molecular complexity index is 1010. The van der Waals surface area contributed by atoms with Crippen LogP contribution in [0.2, 0.25) is 0 Å². The number of anilines is 3. The summed E-state index contributed by atoms with van der Waals surface area (Å²) in [6.45, 7) is 6.24. The zero-order valence-electron chi connectivity index (χ0n) is 21.0. The Morgan fingerprint density at radius 3 is 2.58 bits per heavy atom. The molecule has 4 rings (SSSR count). The van der Waals surface area contributed by atoms with Gasteiger partial charge in [-0.15, -0.1) is 0 Å². The fourth-order valence-electron chi connectivity index (χ4n) is 4.74. The first-order chi connectivity index (χ1) is 17.6. The van der Waals surface area contributed by atoms with Gasteiger partial charge in [0.05, 0.1) is 17.8 Å². The van der Waals surface area contributed by atoms with Crippen molar-refractivity contribution in [2.24, 2.45) is 11.5 Å². The number of rotatable bonds is 11. The third kappa shape index (κ3) is 7.60. The molecule has 0 radical (unpaired) electrons. The van der Waals surface area contributed by atoms with Crippen LogP contribution < -0.4 is 27.4 Å². The zero-order valence-corrected chi connectivity index (χ0v) is 21.0. The molecule has 0 unspecified atom stereocenters. The van der Waals surface area contributed by atoms with Gasteiger partial charge in [0, 0.05) is 56.2 Å². The standard InChI is InChI=1S/C27H39N7O2/c28-22(17-30-10-13-34-11-2-1-3-12-34)18-31-25-16-26(32-19-24(25)27(29)35)33-23-6-4-20(5-7-23)21-8-14-36-15-9-21/h4-7,16-17,19,21,30H,1-3,8-15,18,28H2,(H2,29,35)(H2,31,32,33)/b22-17-. The molecule has 1 amide bonds. The predicted octanol–water partition coefficient (Wildman–Crippen LogP) is 3.11. The molecule has 36 heavy (non-hydrogen) atoms. The number of benzene rings is 1. The molecular weight excluding hydrogens is 454 g/mol. The molecule has 2 aromatic rings. The maximum atomic E-state index is 11.9. The SMILES string of the molecule is NC(=O)c1cnc(Nc2ccc(C3CCOCC3)cc2)cc1NC/C(N)=C/NCCN1CCCCC1. The number of hydrogen-bond donors (Lipinski definition) is 5. The monoisotopic (exact) mass is 493 g/mol. The number of hydrogen-bond acceptors (Lipinski definition) is 8. The van der Waals surface area contributed by atoms with Gasteiger partial charge in [-0.1, -0.05) is 18.6 Å². The quantitative estimate of drug-likeness (QED) is 0.302. The summed E-state index contributed by atoms with van der Waals surface area (Å²) in [4.78, 5) is 18.8. The fraction of sp³-hybridized carbons (Fsp3) is 0.481. The average Bonchev–Trinajstić information content (AvgIpc) is 2.91. The first-order valence-electron chi connectivity index (χ1n) is 13.0. The normalized spacial score (nSPS) is 17.5. The van der Waals surface area contributed by atoms with Gasteiger partial charge in [0.2, 0.25) is 0 Å². The van der Waals surface area contributed by atoms with Crippen molar-refractivity contribution in [3.8, 4) is 0 Å². The summed E-state index contributed by atoms with van der Waals surface area (Å²) in [5, 5.41) is 9.82. The number of amides is 1. The summed E-state index contributed by atoms with van der Waals surface area (Å²) < 4.78 is 5.47. The average molecular weight is 494 g/mol. The van der Waals surface area contributed by atoms with Crippen LogP contribution in [-0.4, -0.2) is 61.7 Å². The molecule has 0 spiro atoms. The topological polar surface area (TPSA) is 131 Å². The largest absolute Gasteiger partial charge is 0.399 e. The molecule has 9 nitrogen and oxygen atoms in total. The van der Waals surface area contributed by atoms with E-state index in [-0.39, 0.29) is 0 Å². The van der Waals surface area contributed by atoms with Crippen LogP contribution in [0.25, 0.3) is 0 Å². The van der Waals surface area contributed by atoms with Crippen LogP contribution in [0.4, 0.5) is 17.2 Å². The summed E-state index contributed by atoms with van der Waals surface area (Å²) >= 11 is 0. The van der Waals surface area contributed by atoms with Gasteiger partial charge in [-0.05, 0) is 62.4 Å². The van der Waals surface area contributed by atoms with E-state index in [2.05, 4.69) is 50.1 Å². The van der Waals surface area contributed by atoms with Crippen molar-refractivity contribution < 1.29 is 9.53 Å². The van der Waals surface area contributed by atoms with Gasteiger partial charge in [0.1, 0.15) is 5.82 Å². The number of piperidine rings is 1. The van der Waals surface area contributed by atoms with E-state index in [0.29, 0.717) is 35.2 Å². The molecule has 2 saturated heterocycles. The maximum absolute atomic E-state index is 11.9. The van der Waals surface area contributed by atoms with Crippen molar-refractivity contribution in [3.05, 3.63) is 59.6 Å². The molecular formula is C27H39N7O2. The van der Waals surface area contributed by atoms with Crippen LogP contribution >= 0.6 is 0 Å². The Balaban J connectivity index is 1.31. The third-order valence-electron chi connectivity index (χ3n) is 6.84. The number of ether oxygens (including phenoxy) is 1. The lowest BCUT2D eigenvalue weighted by atomic mass is 9.92. The second kappa shape index (κ2) is 13.1. The number of aromatic nitrogens is 1. The van der Waals surface area contributed by atoms with Crippen molar-refractivity contribution >= 4 is 23.1 Å². The minimum atomic E-state index is -0.542. The zero-order chi connectivity index (χ0) is 25.2. The summed E-state index contributed by atoms with van der Waals surface area (Å²) in [6, 6.07) is 10.2. The van der Waals surface area contributed by atoms with E-state index >= 15 is 0 Å².